The summed E-state index contributed by atoms with van der Waals surface area (Å²) in [4.78, 5) is 8.88. The Hall–Kier alpha value is -1.97. The summed E-state index contributed by atoms with van der Waals surface area (Å²) in [6.45, 7) is 7.06. The number of rotatable bonds is 8. The second kappa shape index (κ2) is 9.82. The van der Waals surface area contributed by atoms with Crippen LogP contribution in [0.25, 0.3) is 0 Å². The third kappa shape index (κ3) is 6.60. The summed E-state index contributed by atoms with van der Waals surface area (Å²) in [5.41, 5.74) is 2.71. The highest BCUT2D eigenvalue weighted by molar-refractivity contribution is 7.89. The lowest BCUT2D eigenvalue weighted by molar-refractivity contribution is 0.579. The van der Waals surface area contributed by atoms with E-state index in [0.717, 1.165) is 28.2 Å². The summed E-state index contributed by atoms with van der Waals surface area (Å²) in [7, 11) is -1.84. The summed E-state index contributed by atoms with van der Waals surface area (Å²) in [5, 5.41) is 9.41. The molecule has 2 aromatic rings. The van der Waals surface area contributed by atoms with E-state index in [1.807, 2.05) is 26.0 Å². The number of hydrogen-bond donors (Lipinski definition) is 3. The van der Waals surface area contributed by atoms with Gasteiger partial charge in [-0.15, -0.1) is 11.3 Å². The van der Waals surface area contributed by atoms with Crippen LogP contribution in [0, 0.1) is 20.8 Å². The predicted molar refractivity (Wildman–Crippen MR) is 111 cm³/mol. The molecule has 9 heteroatoms. The topological polar surface area (TPSA) is 95.5 Å². The van der Waals surface area contributed by atoms with Crippen molar-refractivity contribution in [3.63, 3.8) is 0 Å². The zero-order chi connectivity index (χ0) is 19.9. The molecule has 3 N–H and O–H groups in total. The van der Waals surface area contributed by atoms with Crippen LogP contribution < -0.4 is 15.4 Å². The van der Waals surface area contributed by atoms with Crippen LogP contribution in [0.3, 0.4) is 0 Å². The van der Waals surface area contributed by atoms with Crippen molar-refractivity contribution in [1.82, 2.24) is 20.3 Å². The van der Waals surface area contributed by atoms with E-state index in [4.69, 9.17) is 0 Å². The number of aromatic nitrogens is 1. The van der Waals surface area contributed by atoms with E-state index in [9.17, 15) is 8.42 Å². The molecule has 2 rings (SSSR count). The lowest BCUT2D eigenvalue weighted by atomic mass is 10.2. The molecule has 27 heavy (non-hydrogen) atoms. The molecule has 148 valence electrons. The summed E-state index contributed by atoms with van der Waals surface area (Å²) >= 11 is 1.64. The molecule has 0 saturated heterocycles. The van der Waals surface area contributed by atoms with Gasteiger partial charge < -0.3 is 10.6 Å². The predicted octanol–water partition coefficient (Wildman–Crippen LogP) is 1.75. The van der Waals surface area contributed by atoms with Crippen LogP contribution in [0.2, 0.25) is 0 Å². The molecule has 0 saturated carbocycles. The molecule has 7 nitrogen and oxygen atoms in total. The van der Waals surface area contributed by atoms with Crippen LogP contribution in [0.1, 0.15) is 21.8 Å². The minimum Gasteiger partial charge on any atom is -0.356 e. The maximum absolute atomic E-state index is 12.5. The highest BCUT2D eigenvalue weighted by atomic mass is 32.2. The SMILES string of the molecule is CN=C(NCCNS(=O)(=O)c1cc(C)ccc1C)NCCc1csc(C)n1. The first kappa shape index (κ1) is 21.3. The first-order chi connectivity index (χ1) is 12.8. The van der Waals surface area contributed by atoms with E-state index in [2.05, 4.69) is 30.7 Å². The van der Waals surface area contributed by atoms with Crippen molar-refractivity contribution in [2.45, 2.75) is 32.1 Å². The Morgan fingerprint density at radius 2 is 1.89 bits per heavy atom. The average Bonchev–Trinajstić information content (AvgIpc) is 3.04. The number of aryl methyl sites for hydroxylation is 3. The van der Waals surface area contributed by atoms with Crippen molar-refractivity contribution in [2.24, 2.45) is 4.99 Å². The molecule has 1 heterocycles. The first-order valence-corrected chi connectivity index (χ1v) is 11.1. The van der Waals surface area contributed by atoms with Gasteiger partial charge in [0, 0.05) is 38.5 Å². The Morgan fingerprint density at radius 3 is 2.56 bits per heavy atom. The molecule has 0 unspecified atom stereocenters. The molecule has 1 aromatic heterocycles. The Morgan fingerprint density at radius 1 is 1.15 bits per heavy atom. The first-order valence-electron chi connectivity index (χ1n) is 8.74. The Kier molecular flexibility index (Phi) is 7.76. The van der Waals surface area contributed by atoms with Gasteiger partial charge in [0.2, 0.25) is 10.0 Å². The Bertz CT molecular complexity index is 891. The lowest BCUT2D eigenvalue weighted by Crippen LogP contribution is -2.42. The molecular weight excluding hydrogens is 382 g/mol. The maximum Gasteiger partial charge on any atom is 0.240 e. The zero-order valence-electron chi connectivity index (χ0n) is 16.2. The fourth-order valence-corrected chi connectivity index (χ4v) is 4.50. The van der Waals surface area contributed by atoms with Gasteiger partial charge in [0.1, 0.15) is 0 Å². The minimum absolute atomic E-state index is 0.266. The standard InChI is InChI=1S/C18H27N5O2S2/c1-13-5-6-14(2)17(11-13)27(24,25)22-10-9-21-18(19-4)20-8-7-16-12-26-15(3)23-16/h5-6,11-12,22H,7-10H2,1-4H3,(H2,19,20,21). The van der Waals surface area contributed by atoms with E-state index in [1.165, 1.54) is 0 Å². The molecule has 0 fully saturated rings. The van der Waals surface area contributed by atoms with Crippen LogP contribution in [0.5, 0.6) is 0 Å². The summed E-state index contributed by atoms with van der Waals surface area (Å²) in [6, 6.07) is 5.40. The smallest absolute Gasteiger partial charge is 0.240 e. The van der Waals surface area contributed by atoms with Crippen LogP contribution in [0.15, 0.2) is 33.5 Å². The Balaban J connectivity index is 1.76. The second-order valence-electron chi connectivity index (χ2n) is 6.20. The van der Waals surface area contributed by atoms with Gasteiger partial charge in [-0.3, -0.25) is 4.99 Å². The van der Waals surface area contributed by atoms with Crippen molar-refractivity contribution < 1.29 is 8.42 Å². The summed E-state index contributed by atoms with van der Waals surface area (Å²) in [5.74, 6) is 0.632. The fourth-order valence-electron chi connectivity index (χ4n) is 2.49. The third-order valence-electron chi connectivity index (χ3n) is 3.91. The number of sulfonamides is 1. The van der Waals surface area contributed by atoms with E-state index in [-0.39, 0.29) is 6.54 Å². The maximum atomic E-state index is 12.5. The van der Waals surface area contributed by atoms with Crippen molar-refractivity contribution in [3.8, 4) is 0 Å². The Labute approximate surface area is 165 Å². The number of thiazole rings is 1. The third-order valence-corrected chi connectivity index (χ3v) is 6.33. The van der Waals surface area contributed by atoms with Gasteiger partial charge in [-0.25, -0.2) is 18.1 Å². The number of aliphatic imine (C=N–C) groups is 1. The van der Waals surface area contributed by atoms with Gasteiger partial charge in [0.05, 0.1) is 15.6 Å². The number of benzene rings is 1. The van der Waals surface area contributed by atoms with E-state index >= 15 is 0 Å². The highest BCUT2D eigenvalue weighted by Crippen LogP contribution is 2.16. The van der Waals surface area contributed by atoms with Crippen LogP contribution >= 0.6 is 11.3 Å². The van der Waals surface area contributed by atoms with Gasteiger partial charge in [-0.2, -0.15) is 0 Å². The van der Waals surface area contributed by atoms with Crippen molar-refractivity contribution in [2.75, 3.05) is 26.7 Å². The number of hydrogen-bond acceptors (Lipinski definition) is 5. The van der Waals surface area contributed by atoms with Gasteiger partial charge in [0.15, 0.2) is 5.96 Å². The largest absolute Gasteiger partial charge is 0.356 e. The molecule has 0 atom stereocenters. The average molecular weight is 410 g/mol. The van der Waals surface area contributed by atoms with Gasteiger partial charge in [0.25, 0.3) is 0 Å². The zero-order valence-corrected chi connectivity index (χ0v) is 17.8. The van der Waals surface area contributed by atoms with Gasteiger partial charge in [-0.1, -0.05) is 12.1 Å². The number of nitrogens with zero attached hydrogens (tertiary/aromatic N) is 2. The summed E-state index contributed by atoms with van der Waals surface area (Å²) in [6.07, 6.45) is 0.810. The van der Waals surface area contributed by atoms with Gasteiger partial charge >= 0.3 is 0 Å². The normalized spacial score (nSPS) is 12.2. The number of guanidine groups is 1. The molecule has 0 aliphatic rings. The molecule has 0 spiro atoms. The van der Waals surface area contributed by atoms with Crippen molar-refractivity contribution in [3.05, 3.63) is 45.4 Å². The van der Waals surface area contributed by atoms with E-state index in [0.29, 0.717) is 23.9 Å². The molecule has 0 aliphatic carbocycles. The second-order valence-corrected chi connectivity index (χ2v) is 9.00. The fraction of sp³-hybridized carbons (Fsp3) is 0.444. The lowest BCUT2D eigenvalue weighted by Gasteiger charge is -2.13. The minimum atomic E-state index is -3.53. The molecule has 0 bridgehead atoms. The molecule has 0 aliphatic heterocycles. The molecule has 0 radical (unpaired) electrons. The number of nitrogens with one attached hydrogen (secondary N) is 3. The van der Waals surface area contributed by atoms with E-state index in [1.54, 1.807) is 31.4 Å². The monoisotopic (exact) mass is 409 g/mol. The quantitative estimate of drug-likeness (QED) is 0.351. The van der Waals surface area contributed by atoms with Crippen LogP contribution in [-0.4, -0.2) is 46.0 Å². The van der Waals surface area contributed by atoms with Crippen LogP contribution in [0.4, 0.5) is 0 Å². The van der Waals surface area contributed by atoms with Crippen molar-refractivity contribution in [1.29, 1.82) is 0 Å². The molecular formula is C18H27N5O2S2. The van der Waals surface area contributed by atoms with Gasteiger partial charge in [-0.05, 0) is 38.0 Å². The summed E-state index contributed by atoms with van der Waals surface area (Å²) < 4.78 is 27.5. The van der Waals surface area contributed by atoms with E-state index < -0.39 is 10.0 Å². The van der Waals surface area contributed by atoms with Crippen molar-refractivity contribution >= 4 is 27.3 Å². The molecule has 0 amide bonds. The van der Waals surface area contributed by atoms with Crippen LogP contribution in [-0.2, 0) is 16.4 Å². The molecule has 1 aromatic carbocycles. The highest BCUT2D eigenvalue weighted by Gasteiger charge is 2.16.